The van der Waals surface area contributed by atoms with Gasteiger partial charge >= 0.3 is 0 Å². The molecule has 1 aromatic carbocycles. The SMILES string of the molecule is COc1cc(F)cc(C(=O)CCC2CCCC2)c1. The summed E-state index contributed by atoms with van der Waals surface area (Å²) in [6.45, 7) is 0. The van der Waals surface area contributed by atoms with Crippen LogP contribution in [0.2, 0.25) is 0 Å². The number of carbonyl (C=O) groups excluding carboxylic acids is 1. The maximum Gasteiger partial charge on any atom is 0.163 e. The highest BCUT2D eigenvalue weighted by atomic mass is 19.1. The molecule has 1 fully saturated rings. The minimum atomic E-state index is -0.418. The molecule has 18 heavy (non-hydrogen) atoms. The second-order valence-corrected chi connectivity index (χ2v) is 4.99. The van der Waals surface area contributed by atoms with E-state index in [-0.39, 0.29) is 5.78 Å². The number of carbonyl (C=O) groups is 1. The molecule has 3 heteroatoms. The summed E-state index contributed by atoms with van der Waals surface area (Å²) in [5.74, 6) is 0.682. The Bertz CT molecular complexity index is 423. The van der Waals surface area contributed by atoms with Crippen LogP contribution in [0, 0.1) is 11.7 Å². The molecular formula is C15H19FO2. The zero-order valence-electron chi connectivity index (χ0n) is 10.7. The van der Waals surface area contributed by atoms with E-state index in [1.54, 1.807) is 6.07 Å². The van der Waals surface area contributed by atoms with Gasteiger partial charge in [-0.2, -0.15) is 0 Å². The van der Waals surface area contributed by atoms with Crippen molar-refractivity contribution in [2.24, 2.45) is 5.92 Å². The van der Waals surface area contributed by atoms with Crippen molar-refractivity contribution >= 4 is 5.78 Å². The highest BCUT2D eigenvalue weighted by molar-refractivity contribution is 5.96. The Morgan fingerprint density at radius 2 is 2.06 bits per heavy atom. The quantitative estimate of drug-likeness (QED) is 0.739. The van der Waals surface area contributed by atoms with Gasteiger partial charge in [0, 0.05) is 18.1 Å². The molecular weight excluding hydrogens is 231 g/mol. The summed E-state index contributed by atoms with van der Waals surface area (Å²) in [6.07, 6.45) is 6.48. The van der Waals surface area contributed by atoms with Gasteiger partial charge in [-0.3, -0.25) is 4.79 Å². The summed E-state index contributed by atoms with van der Waals surface area (Å²) < 4.78 is 18.3. The summed E-state index contributed by atoms with van der Waals surface area (Å²) in [5, 5.41) is 0. The minimum Gasteiger partial charge on any atom is -0.497 e. The number of rotatable bonds is 5. The van der Waals surface area contributed by atoms with Crippen LogP contribution in [0.15, 0.2) is 18.2 Å². The number of halogens is 1. The van der Waals surface area contributed by atoms with Crippen molar-refractivity contribution in [3.63, 3.8) is 0 Å². The standard InChI is InChI=1S/C15H19FO2/c1-18-14-9-12(8-13(16)10-14)15(17)7-6-11-4-2-3-5-11/h8-11H,2-7H2,1H3. The van der Waals surface area contributed by atoms with E-state index in [1.807, 2.05) is 0 Å². The highest BCUT2D eigenvalue weighted by Gasteiger charge is 2.17. The minimum absolute atomic E-state index is 0.0136. The van der Waals surface area contributed by atoms with Crippen LogP contribution in [0.3, 0.4) is 0 Å². The maximum absolute atomic E-state index is 13.3. The van der Waals surface area contributed by atoms with Crippen LogP contribution in [-0.4, -0.2) is 12.9 Å². The molecule has 1 saturated carbocycles. The van der Waals surface area contributed by atoms with E-state index in [1.165, 1.54) is 44.9 Å². The van der Waals surface area contributed by atoms with E-state index in [9.17, 15) is 9.18 Å². The van der Waals surface area contributed by atoms with Crippen LogP contribution in [0.1, 0.15) is 48.9 Å². The normalized spacial score (nSPS) is 15.9. The first-order chi connectivity index (χ1) is 8.69. The molecule has 0 aliphatic heterocycles. The van der Waals surface area contributed by atoms with Gasteiger partial charge in [-0.25, -0.2) is 4.39 Å². The molecule has 0 atom stereocenters. The molecule has 2 nitrogen and oxygen atoms in total. The van der Waals surface area contributed by atoms with Gasteiger partial charge in [-0.05, 0) is 24.5 Å². The molecule has 0 saturated heterocycles. The first kappa shape index (κ1) is 13.1. The number of methoxy groups -OCH3 is 1. The Hall–Kier alpha value is -1.38. The van der Waals surface area contributed by atoms with Crippen LogP contribution in [0.5, 0.6) is 5.75 Å². The molecule has 0 N–H and O–H groups in total. The molecule has 0 bridgehead atoms. The monoisotopic (exact) mass is 250 g/mol. The van der Waals surface area contributed by atoms with Crippen molar-refractivity contribution in [3.05, 3.63) is 29.6 Å². The number of hydrogen-bond acceptors (Lipinski definition) is 2. The van der Waals surface area contributed by atoms with Crippen molar-refractivity contribution in [1.29, 1.82) is 0 Å². The van der Waals surface area contributed by atoms with Gasteiger partial charge in [0.15, 0.2) is 5.78 Å². The maximum atomic E-state index is 13.3. The van der Waals surface area contributed by atoms with Crippen LogP contribution in [-0.2, 0) is 0 Å². The van der Waals surface area contributed by atoms with Crippen LogP contribution in [0.25, 0.3) is 0 Å². The number of benzene rings is 1. The van der Waals surface area contributed by atoms with Gasteiger partial charge in [0.05, 0.1) is 7.11 Å². The van der Waals surface area contributed by atoms with Crippen molar-refractivity contribution < 1.29 is 13.9 Å². The van der Waals surface area contributed by atoms with Crippen LogP contribution in [0.4, 0.5) is 4.39 Å². The molecule has 0 radical (unpaired) electrons. The zero-order chi connectivity index (χ0) is 13.0. The van der Waals surface area contributed by atoms with Gasteiger partial charge in [-0.15, -0.1) is 0 Å². The number of hydrogen-bond donors (Lipinski definition) is 0. The Kier molecular flexibility index (Phi) is 4.34. The lowest BCUT2D eigenvalue weighted by atomic mass is 9.97. The lowest BCUT2D eigenvalue weighted by Crippen LogP contribution is -2.04. The smallest absolute Gasteiger partial charge is 0.163 e. The number of ether oxygens (including phenoxy) is 1. The van der Waals surface area contributed by atoms with E-state index in [0.717, 1.165) is 6.42 Å². The van der Waals surface area contributed by atoms with Gasteiger partial charge in [0.2, 0.25) is 0 Å². The molecule has 1 aromatic rings. The summed E-state index contributed by atoms with van der Waals surface area (Å²) in [7, 11) is 1.47. The summed E-state index contributed by atoms with van der Waals surface area (Å²) >= 11 is 0. The molecule has 98 valence electrons. The fraction of sp³-hybridized carbons (Fsp3) is 0.533. The van der Waals surface area contributed by atoms with E-state index in [4.69, 9.17) is 4.74 Å². The van der Waals surface area contributed by atoms with Crippen molar-refractivity contribution in [2.75, 3.05) is 7.11 Å². The molecule has 0 spiro atoms. The lowest BCUT2D eigenvalue weighted by molar-refractivity contribution is 0.0973. The molecule has 0 aromatic heterocycles. The first-order valence-corrected chi connectivity index (χ1v) is 6.57. The van der Waals surface area contributed by atoms with E-state index in [0.29, 0.717) is 23.7 Å². The Balaban J connectivity index is 1.97. The topological polar surface area (TPSA) is 26.3 Å². The summed E-state index contributed by atoms with van der Waals surface area (Å²) in [4.78, 5) is 12.0. The average Bonchev–Trinajstić information content (AvgIpc) is 2.88. The van der Waals surface area contributed by atoms with Crippen LogP contribution >= 0.6 is 0 Å². The van der Waals surface area contributed by atoms with E-state index < -0.39 is 5.82 Å². The molecule has 1 aliphatic rings. The number of ketones is 1. The predicted octanol–water partition coefficient (Wildman–Crippen LogP) is 3.99. The molecule has 0 unspecified atom stereocenters. The van der Waals surface area contributed by atoms with E-state index >= 15 is 0 Å². The van der Waals surface area contributed by atoms with Crippen molar-refractivity contribution in [1.82, 2.24) is 0 Å². The molecule has 1 aliphatic carbocycles. The van der Waals surface area contributed by atoms with Gasteiger partial charge < -0.3 is 4.74 Å². The molecule has 0 heterocycles. The predicted molar refractivity (Wildman–Crippen MR) is 68.5 cm³/mol. The lowest BCUT2D eigenvalue weighted by Gasteiger charge is -2.08. The first-order valence-electron chi connectivity index (χ1n) is 6.57. The fourth-order valence-electron chi connectivity index (χ4n) is 2.62. The van der Waals surface area contributed by atoms with Crippen LogP contribution < -0.4 is 4.74 Å². The average molecular weight is 250 g/mol. The van der Waals surface area contributed by atoms with Crippen molar-refractivity contribution in [2.45, 2.75) is 38.5 Å². The highest BCUT2D eigenvalue weighted by Crippen LogP contribution is 2.29. The summed E-state index contributed by atoms with van der Waals surface area (Å²) in [5.41, 5.74) is 0.421. The molecule has 0 amide bonds. The van der Waals surface area contributed by atoms with Crippen molar-refractivity contribution in [3.8, 4) is 5.75 Å². The third-order valence-electron chi connectivity index (χ3n) is 3.68. The third kappa shape index (κ3) is 3.31. The fourth-order valence-corrected chi connectivity index (χ4v) is 2.62. The second-order valence-electron chi connectivity index (χ2n) is 4.99. The zero-order valence-corrected chi connectivity index (χ0v) is 10.7. The Labute approximate surface area is 107 Å². The largest absolute Gasteiger partial charge is 0.497 e. The van der Waals surface area contributed by atoms with Gasteiger partial charge in [0.25, 0.3) is 0 Å². The van der Waals surface area contributed by atoms with Gasteiger partial charge in [-0.1, -0.05) is 25.7 Å². The summed E-state index contributed by atoms with van der Waals surface area (Å²) in [6, 6.07) is 4.19. The Morgan fingerprint density at radius 3 is 2.72 bits per heavy atom. The van der Waals surface area contributed by atoms with E-state index in [2.05, 4.69) is 0 Å². The number of Topliss-reactive ketones (excluding diaryl/α,β-unsaturated/α-hetero) is 1. The Morgan fingerprint density at radius 1 is 1.33 bits per heavy atom. The van der Waals surface area contributed by atoms with Gasteiger partial charge in [0.1, 0.15) is 11.6 Å². The third-order valence-corrected chi connectivity index (χ3v) is 3.68. The molecule has 2 rings (SSSR count). The second kappa shape index (κ2) is 5.98.